The molecule has 3 atom stereocenters. The highest BCUT2D eigenvalue weighted by atomic mass is 16.6. The first-order valence-electron chi connectivity index (χ1n) is 44.5. The van der Waals surface area contributed by atoms with Gasteiger partial charge in [-0.2, -0.15) is 30.4 Å². The lowest BCUT2D eigenvalue weighted by Gasteiger charge is -2.51. The Hall–Kier alpha value is -5.83. The zero-order chi connectivity index (χ0) is 90.3. The minimum absolute atomic E-state index is 0.000533. The number of ether oxygens (including phenoxy) is 8. The Morgan fingerprint density at radius 1 is 0.333 bits per heavy atom. The molecule has 0 amide bonds. The summed E-state index contributed by atoms with van der Waals surface area (Å²) in [5.74, 6) is -7.43. The molecule has 0 aliphatic carbocycles. The molecule has 0 bridgehead atoms. The summed E-state index contributed by atoms with van der Waals surface area (Å²) in [6, 6.07) is 3.41. The van der Waals surface area contributed by atoms with Crippen LogP contribution < -0.4 is 0 Å². The molecule has 6 aliphatic rings. The van der Waals surface area contributed by atoms with Gasteiger partial charge < -0.3 is 69.1 Å². The molecule has 0 spiro atoms. The second kappa shape index (κ2) is 39.4. The molecule has 684 valence electrons. The normalized spacial score (nSPS) is 24.3. The summed E-state index contributed by atoms with van der Waals surface area (Å²) in [6.07, 6.45) is 0.938. The van der Waals surface area contributed by atoms with E-state index in [-0.39, 0.29) is 177 Å². The molecule has 6 aliphatic heterocycles. The molecule has 120 heavy (non-hydrogen) atoms. The van der Waals surface area contributed by atoms with E-state index >= 15 is 28.8 Å². The Balaban J connectivity index is 1.22. The van der Waals surface area contributed by atoms with Gasteiger partial charge in [0.05, 0.1) is 24.3 Å². The number of Topliss-reactive ketones (excluding diaryl/α,β-unsaturated/α-hetero) is 1. The molecule has 0 saturated carbocycles. The molecule has 1 aromatic carbocycles. The third-order valence-electron chi connectivity index (χ3n) is 26.6. The van der Waals surface area contributed by atoms with E-state index in [0.717, 1.165) is 0 Å². The van der Waals surface area contributed by atoms with Crippen LogP contribution in [0.2, 0.25) is 0 Å². The van der Waals surface area contributed by atoms with Crippen molar-refractivity contribution in [2.24, 2.45) is 16.2 Å². The lowest BCUT2D eigenvalue weighted by atomic mass is 9.76. The van der Waals surface area contributed by atoms with Gasteiger partial charge in [-0.3, -0.25) is 33.6 Å². The first-order chi connectivity index (χ1) is 55.3. The van der Waals surface area contributed by atoms with Crippen molar-refractivity contribution >= 4 is 53.5 Å². The fourth-order valence-electron chi connectivity index (χ4n) is 20.5. The highest BCUT2D eigenvalue weighted by Gasteiger charge is 2.59. The molecule has 0 aromatic heterocycles. The number of hydrogen-bond donors (Lipinski definition) is 6. The number of carbonyl (C=O) groups is 9. The first kappa shape index (κ1) is 101. The Labute approximate surface area is 714 Å². The Bertz CT molecular complexity index is 3360. The third-order valence-corrected chi connectivity index (χ3v) is 26.6. The number of unbranched alkanes of at least 4 members (excludes halogenated alkanes) is 4. The van der Waals surface area contributed by atoms with Crippen LogP contribution in [0.5, 0.6) is 0 Å². The standard InChI is InChI=1S/C91H152N6O23/c1-25-28-37-89(74(102)116-65-50-79(5,6)93(108)80(7,8)51-65,75(103)117-66-52-81(9,10)94(109)82(11,12)53-66)40-32-31-35-70(98)61-47-62(71(99)113-44-33-41-90(38-29-26-2,73(101)115-64-36-43-92(107)60(4)46-64)76(104)118-67-54-83(13,14)95(110)84(15,16)55-67)49-63(48-61)72(100)114-45-34-42-91(39-30-27-3,77(105)119-68-56-85(17,18)96(111)86(19,20)57-68)78(106)120-69-58-87(21,22)97(112)88(23,24)59-69/h47-49,60,64-69,107-112H,25-46,50-59H2,1-24H3. The van der Waals surface area contributed by atoms with Gasteiger partial charge in [0.15, 0.2) is 22.0 Å². The van der Waals surface area contributed by atoms with Crippen molar-refractivity contribution in [2.75, 3.05) is 19.8 Å². The van der Waals surface area contributed by atoms with E-state index in [0.29, 0.717) is 44.9 Å². The van der Waals surface area contributed by atoms with Crippen LogP contribution in [0.25, 0.3) is 0 Å². The average molecular weight is 1700 g/mol. The second-order valence-corrected chi connectivity index (χ2v) is 42.4. The summed E-state index contributed by atoms with van der Waals surface area (Å²) in [5, 5.41) is 74.2. The van der Waals surface area contributed by atoms with Crippen LogP contribution in [0.4, 0.5) is 0 Å². The molecule has 6 saturated heterocycles. The molecule has 3 unspecified atom stereocenters. The fraction of sp³-hybridized carbons (Fsp3) is 0.835. The number of benzene rings is 1. The summed E-state index contributed by atoms with van der Waals surface area (Å²) < 4.78 is 50.3. The maximum atomic E-state index is 15.3. The van der Waals surface area contributed by atoms with Gasteiger partial charge in [-0.25, -0.2) is 9.59 Å². The number of carbonyl (C=O) groups excluding carboxylic acids is 9. The van der Waals surface area contributed by atoms with Gasteiger partial charge in [-0.05, 0) is 228 Å². The van der Waals surface area contributed by atoms with Crippen molar-refractivity contribution in [1.82, 2.24) is 30.4 Å². The van der Waals surface area contributed by atoms with Crippen LogP contribution in [0.3, 0.4) is 0 Å². The van der Waals surface area contributed by atoms with Gasteiger partial charge in [-0.15, -0.1) is 0 Å². The van der Waals surface area contributed by atoms with Crippen molar-refractivity contribution < 1.29 is 112 Å². The topological polar surface area (TPSA) is 368 Å². The Morgan fingerprint density at radius 2 is 0.558 bits per heavy atom. The summed E-state index contributed by atoms with van der Waals surface area (Å²) >= 11 is 0. The molecule has 1 aromatic rings. The van der Waals surface area contributed by atoms with E-state index in [2.05, 4.69) is 0 Å². The smallest absolute Gasteiger partial charge is 0.338 e. The van der Waals surface area contributed by atoms with Crippen LogP contribution in [0.1, 0.15) is 383 Å². The largest absolute Gasteiger partial charge is 0.462 e. The van der Waals surface area contributed by atoms with Gasteiger partial charge in [0, 0.05) is 151 Å². The van der Waals surface area contributed by atoms with Crippen LogP contribution in [0, 0.1) is 16.2 Å². The lowest BCUT2D eigenvalue weighted by molar-refractivity contribution is -0.263. The maximum Gasteiger partial charge on any atom is 0.338 e. The number of piperidine rings is 6. The van der Waals surface area contributed by atoms with Gasteiger partial charge in [0.25, 0.3) is 0 Å². The van der Waals surface area contributed by atoms with Crippen molar-refractivity contribution in [3.05, 3.63) is 34.9 Å². The van der Waals surface area contributed by atoms with Crippen molar-refractivity contribution in [1.29, 1.82) is 0 Å². The van der Waals surface area contributed by atoms with Gasteiger partial charge in [-0.1, -0.05) is 65.7 Å². The number of esters is 8. The highest BCUT2D eigenvalue weighted by Crippen LogP contribution is 2.49. The number of hydrogen-bond acceptors (Lipinski definition) is 29. The molecular weight excluding hydrogens is 1550 g/mol. The molecule has 6 fully saturated rings. The van der Waals surface area contributed by atoms with E-state index in [4.69, 9.17) is 37.9 Å². The Morgan fingerprint density at radius 3 is 0.800 bits per heavy atom. The number of hydroxylamine groups is 12. The summed E-state index contributed by atoms with van der Waals surface area (Å²) in [7, 11) is 0. The number of rotatable bonds is 37. The number of nitrogens with zero attached hydrogens (tertiary/aromatic N) is 6. The van der Waals surface area contributed by atoms with Gasteiger partial charge in [0.2, 0.25) is 0 Å². The van der Waals surface area contributed by atoms with E-state index in [1.807, 2.05) is 159 Å². The minimum atomic E-state index is -1.93. The zero-order valence-electron chi connectivity index (χ0n) is 77.2. The summed E-state index contributed by atoms with van der Waals surface area (Å²) in [4.78, 5) is 136. The lowest BCUT2D eigenvalue weighted by Crippen LogP contribution is -2.61. The molecule has 29 nitrogen and oxygen atoms in total. The minimum Gasteiger partial charge on any atom is -0.462 e. The summed E-state index contributed by atoms with van der Waals surface area (Å²) in [5.41, 5.74) is -14.6. The quantitative estimate of drug-likeness (QED) is 0.0118. The molecular formula is C91H152N6O23. The third kappa shape index (κ3) is 24.0. The molecule has 29 heteroatoms. The van der Waals surface area contributed by atoms with Gasteiger partial charge in [0.1, 0.15) is 36.6 Å². The van der Waals surface area contributed by atoms with E-state index in [9.17, 15) is 45.6 Å². The van der Waals surface area contributed by atoms with Crippen molar-refractivity contribution in [3.8, 4) is 0 Å². The molecule has 0 radical (unpaired) electrons. The van der Waals surface area contributed by atoms with Crippen LogP contribution in [-0.4, -0.2) is 233 Å². The SMILES string of the molecule is CCCCC(CCCOC(=O)c1cc(C(=O)CCCCC(CCCC)(C(=O)OC2CC(C)(C)N(O)C(C)(C)C2)C(=O)OC2CC(C)(C)N(O)C(C)(C)C2)cc(C(=O)OCCCC(CCCC)(C(=O)OC2CC(C)(C)N(O)C(C)(C)C2)C(=O)OC2CC(C)(C)N(O)C(C)(C)C2)c1)(C(=O)OC1CCN(O)C(C)C1)C(=O)OC1CC(C)(C)N(O)C(C)(C)C1. The molecule has 6 heterocycles. The predicted octanol–water partition coefficient (Wildman–Crippen LogP) is 16.4. The highest BCUT2D eigenvalue weighted by molar-refractivity contribution is 6.04. The number of ketones is 1. The van der Waals surface area contributed by atoms with Crippen molar-refractivity contribution in [3.63, 3.8) is 0 Å². The van der Waals surface area contributed by atoms with E-state index in [1.165, 1.54) is 48.6 Å². The van der Waals surface area contributed by atoms with Crippen LogP contribution >= 0.6 is 0 Å². The summed E-state index contributed by atoms with van der Waals surface area (Å²) in [6.45, 7) is 43.7. The average Bonchev–Trinajstić information content (AvgIpc) is 0.774. The molecule has 7 rings (SSSR count). The molecule has 6 N–H and O–H groups in total. The fourth-order valence-corrected chi connectivity index (χ4v) is 20.5. The van der Waals surface area contributed by atoms with Crippen LogP contribution in [0.15, 0.2) is 18.2 Å². The Kier molecular flexibility index (Phi) is 33.2. The zero-order valence-corrected chi connectivity index (χ0v) is 77.2. The van der Waals surface area contributed by atoms with E-state index < -0.39 is 168 Å². The van der Waals surface area contributed by atoms with Gasteiger partial charge >= 0.3 is 47.8 Å². The van der Waals surface area contributed by atoms with Crippen LogP contribution in [-0.2, 0) is 66.7 Å². The predicted molar refractivity (Wildman–Crippen MR) is 446 cm³/mol. The second-order valence-electron chi connectivity index (χ2n) is 42.4. The van der Waals surface area contributed by atoms with E-state index in [1.54, 1.807) is 6.92 Å². The van der Waals surface area contributed by atoms with Crippen molar-refractivity contribution in [2.45, 2.75) is 450 Å². The first-order valence-corrected chi connectivity index (χ1v) is 44.5. The monoisotopic (exact) mass is 1700 g/mol. The maximum absolute atomic E-state index is 15.3.